The van der Waals surface area contributed by atoms with Crippen LogP contribution in [0.15, 0.2) is 17.6 Å². The third-order valence-corrected chi connectivity index (χ3v) is 2.80. The summed E-state index contributed by atoms with van der Waals surface area (Å²) in [6, 6.07) is 0. The predicted octanol–water partition coefficient (Wildman–Crippen LogP) is -0.0759. The Morgan fingerprint density at radius 2 is 2.62 bits per heavy atom. The molecule has 1 aromatic heterocycles. The Morgan fingerprint density at radius 1 is 1.92 bits per heavy atom. The molecule has 0 aromatic carbocycles. The lowest BCUT2D eigenvalue weighted by Crippen LogP contribution is -2.26. The van der Waals surface area contributed by atoms with Crippen molar-refractivity contribution in [1.29, 1.82) is 0 Å². The van der Waals surface area contributed by atoms with Crippen molar-refractivity contribution in [2.75, 3.05) is 6.54 Å². The van der Waals surface area contributed by atoms with E-state index in [2.05, 4.69) is 4.98 Å². The molecule has 0 fully saturated rings. The summed E-state index contributed by atoms with van der Waals surface area (Å²) in [5.74, 6) is -0.907. The summed E-state index contributed by atoms with van der Waals surface area (Å²) in [7, 11) is 1.81. The van der Waals surface area contributed by atoms with Gasteiger partial charge in [-0.2, -0.15) is 0 Å². The van der Waals surface area contributed by atoms with E-state index in [-0.39, 0.29) is 6.54 Å². The highest BCUT2D eigenvalue weighted by Crippen LogP contribution is 2.20. The van der Waals surface area contributed by atoms with Gasteiger partial charge in [-0.1, -0.05) is 11.8 Å². The number of aryl methyl sites for hydroxylation is 1. The number of carboxylic acids is 1. The molecule has 0 bridgehead atoms. The monoisotopic (exact) mass is 201 g/mol. The average molecular weight is 201 g/mol. The molecule has 1 heterocycles. The van der Waals surface area contributed by atoms with Crippen LogP contribution in [0.25, 0.3) is 0 Å². The number of rotatable bonds is 4. The lowest BCUT2D eigenvalue weighted by atomic mass is 10.4. The molecule has 1 aromatic rings. The van der Waals surface area contributed by atoms with Gasteiger partial charge in [0.2, 0.25) is 0 Å². The zero-order valence-corrected chi connectivity index (χ0v) is 7.99. The van der Waals surface area contributed by atoms with Gasteiger partial charge in [-0.25, -0.2) is 4.98 Å². The van der Waals surface area contributed by atoms with Crippen molar-refractivity contribution in [2.24, 2.45) is 12.8 Å². The van der Waals surface area contributed by atoms with Crippen LogP contribution in [0.2, 0.25) is 0 Å². The van der Waals surface area contributed by atoms with Crippen LogP contribution in [0.1, 0.15) is 0 Å². The number of hydrogen-bond donors (Lipinski definition) is 2. The molecule has 6 heteroatoms. The van der Waals surface area contributed by atoms with Crippen molar-refractivity contribution >= 4 is 17.7 Å². The van der Waals surface area contributed by atoms with Crippen LogP contribution in [-0.2, 0) is 11.8 Å². The largest absolute Gasteiger partial charge is 0.480 e. The van der Waals surface area contributed by atoms with Gasteiger partial charge >= 0.3 is 5.97 Å². The first-order valence-corrected chi connectivity index (χ1v) is 4.60. The Labute approximate surface area is 79.9 Å². The van der Waals surface area contributed by atoms with Crippen molar-refractivity contribution in [2.45, 2.75) is 10.4 Å². The van der Waals surface area contributed by atoms with E-state index in [1.165, 1.54) is 0 Å². The van der Waals surface area contributed by atoms with Crippen LogP contribution < -0.4 is 5.73 Å². The van der Waals surface area contributed by atoms with Gasteiger partial charge in [0, 0.05) is 26.0 Å². The molecular weight excluding hydrogens is 190 g/mol. The van der Waals surface area contributed by atoms with Gasteiger partial charge in [0.25, 0.3) is 0 Å². The fourth-order valence-corrected chi connectivity index (χ4v) is 1.59. The summed E-state index contributed by atoms with van der Waals surface area (Å²) in [6.07, 6.45) is 3.38. The van der Waals surface area contributed by atoms with E-state index >= 15 is 0 Å². The highest BCUT2D eigenvalue weighted by Gasteiger charge is 2.18. The number of aliphatic carboxylic acids is 1. The number of carbonyl (C=O) groups is 1. The number of hydrogen-bond acceptors (Lipinski definition) is 4. The maximum atomic E-state index is 10.6. The van der Waals surface area contributed by atoms with E-state index in [1.54, 1.807) is 17.0 Å². The standard InChI is InChI=1S/C7H11N3O2S/c1-10-3-2-9-7(10)13-5(4-8)6(11)12/h2-3,5H,4,8H2,1H3,(H,11,12). The molecule has 0 amide bonds. The smallest absolute Gasteiger partial charge is 0.318 e. The third-order valence-electron chi connectivity index (χ3n) is 1.51. The van der Waals surface area contributed by atoms with Crippen LogP contribution in [-0.4, -0.2) is 32.4 Å². The summed E-state index contributed by atoms with van der Waals surface area (Å²) >= 11 is 1.16. The van der Waals surface area contributed by atoms with E-state index in [0.717, 1.165) is 11.8 Å². The second-order valence-electron chi connectivity index (χ2n) is 2.50. The number of carboxylic acid groups (broad SMARTS) is 1. The Bertz CT molecular complexity index is 300. The number of aromatic nitrogens is 2. The Morgan fingerprint density at radius 3 is 3.00 bits per heavy atom. The van der Waals surface area contributed by atoms with Gasteiger partial charge in [-0.15, -0.1) is 0 Å². The van der Waals surface area contributed by atoms with Crippen molar-refractivity contribution < 1.29 is 9.90 Å². The lowest BCUT2D eigenvalue weighted by Gasteiger charge is -2.07. The molecule has 0 radical (unpaired) electrons. The zero-order chi connectivity index (χ0) is 9.84. The van der Waals surface area contributed by atoms with Crippen molar-refractivity contribution in [3.63, 3.8) is 0 Å². The van der Waals surface area contributed by atoms with Crippen LogP contribution in [0, 0.1) is 0 Å². The molecule has 3 N–H and O–H groups in total. The molecule has 1 rings (SSSR count). The molecule has 0 aliphatic carbocycles. The predicted molar refractivity (Wildman–Crippen MR) is 49.5 cm³/mol. The van der Waals surface area contributed by atoms with E-state index in [1.807, 2.05) is 7.05 Å². The Balaban J connectivity index is 2.67. The number of nitrogens with two attached hydrogens (primary N) is 1. The number of nitrogens with zero attached hydrogens (tertiary/aromatic N) is 2. The Kier molecular flexibility index (Phi) is 3.32. The first kappa shape index (κ1) is 10.1. The Hall–Kier alpha value is -1.01. The van der Waals surface area contributed by atoms with Gasteiger partial charge in [0.15, 0.2) is 5.16 Å². The van der Waals surface area contributed by atoms with Gasteiger partial charge in [0.1, 0.15) is 5.25 Å². The van der Waals surface area contributed by atoms with Crippen molar-refractivity contribution in [3.05, 3.63) is 12.4 Å². The second-order valence-corrected chi connectivity index (χ2v) is 3.67. The minimum absolute atomic E-state index is 0.104. The van der Waals surface area contributed by atoms with Crippen molar-refractivity contribution in [1.82, 2.24) is 9.55 Å². The first-order chi connectivity index (χ1) is 6.15. The quantitative estimate of drug-likeness (QED) is 0.666. The lowest BCUT2D eigenvalue weighted by molar-refractivity contribution is -0.136. The highest BCUT2D eigenvalue weighted by atomic mass is 32.2. The molecule has 0 spiro atoms. The average Bonchev–Trinajstić information content (AvgIpc) is 2.46. The highest BCUT2D eigenvalue weighted by molar-refractivity contribution is 8.00. The van der Waals surface area contributed by atoms with Crippen LogP contribution >= 0.6 is 11.8 Å². The molecule has 1 unspecified atom stereocenters. The first-order valence-electron chi connectivity index (χ1n) is 3.72. The van der Waals surface area contributed by atoms with E-state index in [4.69, 9.17) is 10.8 Å². The molecular formula is C7H11N3O2S. The van der Waals surface area contributed by atoms with Gasteiger partial charge in [-0.05, 0) is 0 Å². The molecule has 72 valence electrons. The fraction of sp³-hybridized carbons (Fsp3) is 0.429. The van der Waals surface area contributed by atoms with E-state index in [9.17, 15) is 4.79 Å². The van der Waals surface area contributed by atoms with Gasteiger partial charge in [0.05, 0.1) is 0 Å². The molecule has 1 atom stereocenters. The minimum atomic E-state index is -0.907. The molecule has 0 saturated heterocycles. The molecule has 0 saturated carbocycles. The van der Waals surface area contributed by atoms with Gasteiger partial charge < -0.3 is 15.4 Å². The number of thioether (sulfide) groups is 1. The normalized spacial score (nSPS) is 12.8. The molecule has 0 aliphatic heterocycles. The summed E-state index contributed by atoms with van der Waals surface area (Å²) < 4.78 is 1.76. The van der Waals surface area contributed by atoms with Crippen molar-refractivity contribution in [3.8, 4) is 0 Å². The zero-order valence-electron chi connectivity index (χ0n) is 7.17. The second kappa shape index (κ2) is 4.29. The van der Waals surface area contributed by atoms with Crippen LogP contribution in [0.5, 0.6) is 0 Å². The topological polar surface area (TPSA) is 81.1 Å². The molecule has 0 aliphatic rings. The molecule has 13 heavy (non-hydrogen) atoms. The van der Waals surface area contributed by atoms with Crippen LogP contribution in [0.4, 0.5) is 0 Å². The van der Waals surface area contributed by atoms with E-state index in [0.29, 0.717) is 5.16 Å². The van der Waals surface area contributed by atoms with Crippen LogP contribution in [0.3, 0.4) is 0 Å². The fourth-order valence-electron chi connectivity index (χ4n) is 0.792. The number of imidazole rings is 1. The maximum absolute atomic E-state index is 10.6. The van der Waals surface area contributed by atoms with Gasteiger partial charge in [-0.3, -0.25) is 4.79 Å². The summed E-state index contributed by atoms with van der Waals surface area (Å²) in [6.45, 7) is 0.104. The molecule has 5 nitrogen and oxygen atoms in total. The minimum Gasteiger partial charge on any atom is -0.480 e. The van der Waals surface area contributed by atoms with E-state index < -0.39 is 11.2 Å². The SMILES string of the molecule is Cn1ccnc1SC(CN)C(=O)O. The summed E-state index contributed by atoms with van der Waals surface area (Å²) in [4.78, 5) is 14.6. The summed E-state index contributed by atoms with van der Waals surface area (Å²) in [5.41, 5.74) is 5.30. The summed E-state index contributed by atoms with van der Waals surface area (Å²) in [5, 5.41) is 8.77. The maximum Gasteiger partial charge on any atom is 0.318 e. The third kappa shape index (κ3) is 2.46.